The van der Waals surface area contributed by atoms with Crippen LogP contribution in [-0.4, -0.2) is 28.9 Å². The van der Waals surface area contributed by atoms with E-state index in [9.17, 15) is 26.3 Å². The van der Waals surface area contributed by atoms with Crippen LogP contribution in [0.1, 0.15) is 17.2 Å². The molecular weight excluding hydrogens is 394 g/mol. The summed E-state index contributed by atoms with van der Waals surface area (Å²) in [5, 5.41) is 0. The minimum absolute atomic E-state index is 0.217. The maximum absolute atomic E-state index is 13.6. The summed E-state index contributed by atoms with van der Waals surface area (Å²) in [4.78, 5) is 8.03. The summed E-state index contributed by atoms with van der Waals surface area (Å²) in [7, 11) is 1.20. The Bertz CT molecular complexity index is 789. The van der Waals surface area contributed by atoms with E-state index in [1.165, 1.54) is 25.4 Å². The molecule has 146 valence electrons. The van der Waals surface area contributed by atoms with E-state index in [-0.39, 0.29) is 11.4 Å². The van der Waals surface area contributed by atoms with Gasteiger partial charge in [0.2, 0.25) is 0 Å². The Balaban J connectivity index is 2.29. The number of hydrogen-bond donors (Lipinski definition) is 1. The van der Waals surface area contributed by atoms with E-state index in [0.29, 0.717) is 17.0 Å². The molecule has 0 fully saturated rings. The van der Waals surface area contributed by atoms with Gasteiger partial charge in [-0.2, -0.15) is 26.3 Å². The normalized spacial score (nSPS) is 14.1. The van der Waals surface area contributed by atoms with Crippen LogP contribution < -0.4 is 5.73 Å². The molecule has 11 heteroatoms. The van der Waals surface area contributed by atoms with Gasteiger partial charge in [-0.1, -0.05) is 12.1 Å². The first kappa shape index (κ1) is 21.0. The highest BCUT2D eigenvalue weighted by atomic mass is 32.2. The molecule has 2 N–H and O–H groups in total. The second kappa shape index (κ2) is 8.17. The number of alkyl halides is 6. The molecule has 0 aliphatic rings. The molecule has 0 saturated carbocycles. The van der Waals surface area contributed by atoms with Crippen LogP contribution in [0.2, 0.25) is 0 Å². The van der Waals surface area contributed by atoms with E-state index < -0.39 is 24.0 Å². The van der Waals surface area contributed by atoms with Crippen molar-refractivity contribution in [2.24, 2.45) is 10.7 Å². The molecule has 0 unspecified atom stereocenters. The third kappa shape index (κ3) is 5.60. The van der Waals surface area contributed by atoms with Crippen LogP contribution in [-0.2, 0) is 6.18 Å². The monoisotopic (exact) mass is 408 g/mol. The summed E-state index contributed by atoms with van der Waals surface area (Å²) >= 11 is 0.760. The molecule has 27 heavy (non-hydrogen) atoms. The number of rotatable bonds is 5. The number of halogens is 6. The average molecular weight is 408 g/mol. The highest BCUT2D eigenvalue weighted by molar-refractivity contribution is 7.97. The third-order valence-corrected chi connectivity index (χ3v) is 4.36. The van der Waals surface area contributed by atoms with Gasteiger partial charge in [0.05, 0.1) is 11.9 Å². The Morgan fingerprint density at radius 3 is 2.26 bits per heavy atom. The summed E-state index contributed by atoms with van der Waals surface area (Å²) in [5.41, 5.74) is 3.84. The topological polar surface area (TPSA) is 54.5 Å². The molecule has 0 amide bonds. The van der Waals surface area contributed by atoms with Crippen LogP contribution in [0.3, 0.4) is 0 Å². The Labute approximate surface area is 155 Å². The molecular formula is C16H14F6N4S. The zero-order chi connectivity index (χ0) is 20.2. The predicted molar refractivity (Wildman–Crippen MR) is 90.4 cm³/mol. The molecule has 0 spiro atoms. The van der Waals surface area contributed by atoms with Gasteiger partial charge in [-0.05, 0) is 48.8 Å². The lowest BCUT2D eigenvalue weighted by molar-refractivity contribution is -0.169. The highest BCUT2D eigenvalue weighted by Gasteiger charge is 2.44. The molecule has 1 aromatic heterocycles. The summed E-state index contributed by atoms with van der Waals surface area (Å²) in [6, 6.07) is 3.73. The summed E-state index contributed by atoms with van der Waals surface area (Å²) in [5.74, 6) is 0.217. The maximum Gasteiger partial charge on any atom is 0.416 e. The lowest BCUT2D eigenvalue weighted by Crippen LogP contribution is -2.32. The zero-order valence-corrected chi connectivity index (χ0v) is 14.6. The van der Waals surface area contributed by atoms with Crippen molar-refractivity contribution in [2.45, 2.75) is 23.3 Å². The average Bonchev–Trinajstić information content (AvgIpc) is 2.54. The first-order valence-electron chi connectivity index (χ1n) is 7.37. The first-order valence-corrected chi connectivity index (χ1v) is 8.14. The van der Waals surface area contributed by atoms with Crippen molar-refractivity contribution in [1.82, 2.24) is 9.29 Å². The van der Waals surface area contributed by atoms with Crippen molar-refractivity contribution in [3.63, 3.8) is 0 Å². The number of benzene rings is 1. The van der Waals surface area contributed by atoms with Gasteiger partial charge < -0.3 is 5.73 Å². The standard InChI is InChI=1S/C16H14F6N4S/c1-26(27-12-6-7-24-13(8-12)25-9-23)14(16(20,21)22)10-2-4-11(5-3-10)15(17,18)19/h2-9,14H,1H3,(H2,23,24,25)/t14-/m1/s1. The second-order valence-corrected chi connectivity index (χ2v) is 6.56. The summed E-state index contributed by atoms with van der Waals surface area (Å²) < 4.78 is 79.5. The van der Waals surface area contributed by atoms with Gasteiger partial charge in [0.25, 0.3) is 0 Å². The largest absolute Gasteiger partial charge is 0.416 e. The minimum atomic E-state index is -4.70. The van der Waals surface area contributed by atoms with E-state index in [2.05, 4.69) is 9.98 Å². The Hall–Kier alpha value is -2.27. The van der Waals surface area contributed by atoms with E-state index in [1.54, 1.807) is 0 Å². The van der Waals surface area contributed by atoms with Gasteiger partial charge in [-0.3, -0.25) is 0 Å². The van der Waals surface area contributed by atoms with Gasteiger partial charge in [-0.15, -0.1) is 0 Å². The Morgan fingerprint density at radius 2 is 1.74 bits per heavy atom. The number of nitrogens with zero attached hydrogens (tertiary/aromatic N) is 3. The molecule has 0 radical (unpaired) electrons. The number of aliphatic imine (C=N–C) groups is 1. The van der Waals surface area contributed by atoms with Crippen LogP contribution in [0.15, 0.2) is 52.5 Å². The zero-order valence-electron chi connectivity index (χ0n) is 13.8. The van der Waals surface area contributed by atoms with Crippen molar-refractivity contribution in [3.05, 3.63) is 53.7 Å². The summed E-state index contributed by atoms with van der Waals surface area (Å²) in [6.45, 7) is 0. The van der Waals surface area contributed by atoms with Crippen LogP contribution in [0.5, 0.6) is 0 Å². The molecule has 0 saturated heterocycles. The van der Waals surface area contributed by atoms with Crippen LogP contribution in [0.4, 0.5) is 32.2 Å². The highest BCUT2D eigenvalue weighted by Crippen LogP contribution is 2.42. The van der Waals surface area contributed by atoms with Gasteiger partial charge in [0.15, 0.2) is 5.82 Å². The van der Waals surface area contributed by atoms with Crippen molar-refractivity contribution < 1.29 is 26.3 Å². The van der Waals surface area contributed by atoms with Gasteiger partial charge >= 0.3 is 12.4 Å². The van der Waals surface area contributed by atoms with Crippen LogP contribution in [0, 0.1) is 0 Å². The van der Waals surface area contributed by atoms with Crippen molar-refractivity contribution in [2.75, 3.05) is 7.05 Å². The van der Waals surface area contributed by atoms with Crippen LogP contribution in [0.25, 0.3) is 0 Å². The Kier molecular flexibility index (Phi) is 6.37. The van der Waals surface area contributed by atoms with E-state index in [1.807, 2.05) is 0 Å². The van der Waals surface area contributed by atoms with Crippen LogP contribution >= 0.6 is 11.9 Å². The lowest BCUT2D eigenvalue weighted by Gasteiger charge is -2.29. The summed E-state index contributed by atoms with van der Waals surface area (Å²) in [6.07, 6.45) is -6.96. The lowest BCUT2D eigenvalue weighted by atomic mass is 10.0. The molecule has 1 atom stereocenters. The first-order chi connectivity index (χ1) is 12.5. The van der Waals surface area contributed by atoms with Gasteiger partial charge in [0.1, 0.15) is 6.04 Å². The van der Waals surface area contributed by atoms with Crippen molar-refractivity contribution in [1.29, 1.82) is 0 Å². The number of pyridine rings is 1. The van der Waals surface area contributed by atoms with E-state index in [0.717, 1.165) is 34.7 Å². The minimum Gasteiger partial charge on any atom is -0.390 e. The molecule has 4 nitrogen and oxygen atoms in total. The van der Waals surface area contributed by atoms with Crippen molar-refractivity contribution >= 4 is 24.1 Å². The molecule has 1 heterocycles. The number of aromatic nitrogens is 1. The number of nitrogens with two attached hydrogens (primary N) is 1. The molecule has 2 rings (SSSR count). The molecule has 1 aromatic carbocycles. The quantitative estimate of drug-likeness (QED) is 0.329. The molecule has 0 bridgehead atoms. The maximum atomic E-state index is 13.6. The molecule has 0 aliphatic heterocycles. The smallest absolute Gasteiger partial charge is 0.390 e. The number of hydrogen-bond acceptors (Lipinski definition) is 4. The fourth-order valence-corrected chi connectivity index (χ4v) is 3.24. The fraction of sp³-hybridized carbons (Fsp3) is 0.250. The third-order valence-electron chi connectivity index (χ3n) is 3.40. The van der Waals surface area contributed by atoms with Crippen molar-refractivity contribution in [3.8, 4) is 0 Å². The van der Waals surface area contributed by atoms with E-state index in [4.69, 9.17) is 5.73 Å². The second-order valence-electron chi connectivity index (χ2n) is 5.33. The van der Waals surface area contributed by atoms with Gasteiger partial charge in [-0.25, -0.2) is 14.3 Å². The molecule has 0 aliphatic carbocycles. The SMILES string of the molecule is CN(Sc1ccnc(N=CN)c1)[C@H](c1ccc(C(F)(F)F)cc1)C(F)(F)F. The predicted octanol–water partition coefficient (Wildman–Crippen LogP) is 4.96. The van der Waals surface area contributed by atoms with Gasteiger partial charge in [0, 0.05) is 11.1 Å². The molecule has 2 aromatic rings. The fourth-order valence-electron chi connectivity index (χ4n) is 2.28. The Morgan fingerprint density at radius 1 is 1.11 bits per heavy atom. The van der Waals surface area contributed by atoms with E-state index >= 15 is 0 Å².